The summed E-state index contributed by atoms with van der Waals surface area (Å²) in [7, 11) is 0. The Hall–Kier alpha value is -1.35. The third kappa shape index (κ3) is 6.40. The summed E-state index contributed by atoms with van der Waals surface area (Å²) in [6.45, 7) is 6.25. The largest absolute Gasteiger partial charge is 0.355 e. The molecule has 0 heterocycles. The van der Waals surface area contributed by atoms with E-state index in [1.165, 1.54) is 11.1 Å². The summed E-state index contributed by atoms with van der Waals surface area (Å²) >= 11 is 0. The number of unbranched alkanes of at least 4 members (excludes halogenated alkanes) is 1. The number of benzene rings is 1. The molecule has 3 heteroatoms. The first kappa shape index (κ1) is 14.7. The second-order valence-electron chi connectivity index (χ2n) is 4.62. The average Bonchev–Trinajstić information content (AvgIpc) is 2.35. The molecule has 0 aliphatic heterocycles. The molecule has 0 aliphatic carbocycles. The molecule has 1 aromatic rings. The Balaban J connectivity index is 2.09. The van der Waals surface area contributed by atoms with Gasteiger partial charge in [0.05, 0.1) is 6.54 Å². The molecule has 3 nitrogen and oxygen atoms in total. The molecule has 1 aromatic carbocycles. The smallest absolute Gasteiger partial charge is 0.233 e. The van der Waals surface area contributed by atoms with Crippen LogP contribution in [0.3, 0.4) is 0 Å². The topological polar surface area (TPSA) is 41.1 Å². The molecule has 0 unspecified atom stereocenters. The van der Waals surface area contributed by atoms with Crippen LogP contribution in [-0.2, 0) is 11.2 Å². The molecular formula is C15H24N2O. The van der Waals surface area contributed by atoms with Crippen molar-refractivity contribution in [2.24, 2.45) is 0 Å². The predicted molar refractivity (Wildman–Crippen MR) is 75.7 cm³/mol. The van der Waals surface area contributed by atoms with Crippen LogP contribution in [0.25, 0.3) is 0 Å². The van der Waals surface area contributed by atoms with Gasteiger partial charge in [-0.25, -0.2) is 0 Å². The molecule has 0 spiro atoms. The van der Waals surface area contributed by atoms with Crippen LogP contribution >= 0.6 is 0 Å². The Morgan fingerprint density at radius 1 is 1.28 bits per heavy atom. The van der Waals surface area contributed by atoms with E-state index in [4.69, 9.17) is 0 Å². The van der Waals surface area contributed by atoms with Gasteiger partial charge in [0.15, 0.2) is 0 Å². The average molecular weight is 248 g/mol. The van der Waals surface area contributed by atoms with Gasteiger partial charge in [-0.3, -0.25) is 4.79 Å². The minimum Gasteiger partial charge on any atom is -0.355 e. The minimum atomic E-state index is 0.0905. The first-order valence-electron chi connectivity index (χ1n) is 6.75. The first-order valence-corrected chi connectivity index (χ1v) is 6.75. The monoisotopic (exact) mass is 248 g/mol. The fourth-order valence-electron chi connectivity index (χ4n) is 1.77. The molecule has 0 saturated heterocycles. The highest BCUT2D eigenvalue weighted by Crippen LogP contribution is 2.03. The van der Waals surface area contributed by atoms with Gasteiger partial charge in [0.25, 0.3) is 0 Å². The molecule has 0 fully saturated rings. The second kappa shape index (κ2) is 8.70. The zero-order valence-electron chi connectivity index (χ0n) is 11.5. The van der Waals surface area contributed by atoms with E-state index in [0.29, 0.717) is 6.54 Å². The van der Waals surface area contributed by atoms with Crippen molar-refractivity contribution in [2.45, 2.75) is 33.1 Å². The summed E-state index contributed by atoms with van der Waals surface area (Å²) < 4.78 is 0. The summed E-state index contributed by atoms with van der Waals surface area (Å²) in [6.07, 6.45) is 3.13. The lowest BCUT2D eigenvalue weighted by molar-refractivity contribution is -0.120. The summed E-state index contributed by atoms with van der Waals surface area (Å²) in [5.41, 5.74) is 2.60. The van der Waals surface area contributed by atoms with Crippen LogP contribution in [0.2, 0.25) is 0 Å². The molecule has 1 amide bonds. The van der Waals surface area contributed by atoms with Crippen LogP contribution in [0.15, 0.2) is 24.3 Å². The van der Waals surface area contributed by atoms with E-state index in [9.17, 15) is 4.79 Å². The lowest BCUT2D eigenvalue weighted by Crippen LogP contribution is -2.35. The summed E-state index contributed by atoms with van der Waals surface area (Å²) in [6, 6.07) is 8.47. The molecule has 0 aromatic heterocycles. The van der Waals surface area contributed by atoms with Crippen molar-refractivity contribution in [3.8, 4) is 0 Å². The van der Waals surface area contributed by atoms with Crippen molar-refractivity contribution in [2.75, 3.05) is 19.6 Å². The number of hydrogen-bond acceptors (Lipinski definition) is 2. The fraction of sp³-hybridized carbons (Fsp3) is 0.533. The van der Waals surface area contributed by atoms with Crippen LogP contribution in [-0.4, -0.2) is 25.5 Å². The van der Waals surface area contributed by atoms with Gasteiger partial charge in [0.1, 0.15) is 0 Å². The van der Waals surface area contributed by atoms with Crippen molar-refractivity contribution in [1.82, 2.24) is 10.6 Å². The van der Waals surface area contributed by atoms with Crippen LogP contribution in [0.4, 0.5) is 0 Å². The van der Waals surface area contributed by atoms with E-state index in [1.807, 2.05) is 0 Å². The van der Waals surface area contributed by atoms with Crippen LogP contribution < -0.4 is 10.6 Å². The standard InChI is InChI=1S/C15H24N2O/c1-3-4-9-17-15(18)12-16-10-8-14-7-5-6-13(2)11-14/h5-7,11,16H,3-4,8-10,12H2,1-2H3,(H,17,18). The molecule has 18 heavy (non-hydrogen) atoms. The normalized spacial score (nSPS) is 10.3. The number of rotatable bonds is 8. The van der Waals surface area contributed by atoms with E-state index < -0.39 is 0 Å². The predicted octanol–water partition coefficient (Wildman–Crippen LogP) is 2.04. The Morgan fingerprint density at radius 2 is 2.11 bits per heavy atom. The van der Waals surface area contributed by atoms with E-state index in [0.717, 1.165) is 32.4 Å². The van der Waals surface area contributed by atoms with Crippen LogP contribution in [0.1, 0.15) is 30.9 Å². The summed E-state index contributed by atoms with van der Waals surface area (Å²) in [5.74, 6) is 0.0905. The molecule has 0 atom stereocenters. The van der Waals surface area contributed by atoms with Gasteiger partial charge < -0.3 is 10.6 Å². The van der Waals surface area contributed by atoms with Crippen molar-refractivity contribution < 1.29 is 4.79 Å². The van der Waals surface area contributed by atoms with Gasteiger partial charge in [-0.2, -0.15) is 0 Å². The van der Waals surface area contributed by atoms with Gasteiger partial charge in [0, 0.05) is 6.54 Å². The number of carbonyl (C=O) groups is 1. The SMILES string of the molecule is CCCCNC(=O)CNCCc1cccc(C)c1. The van der Waals surface area contributed by atoms with Gasteiger partial charge in [-0.05, 0) is 31.9 Å². The third-order valence-electron chi connectivity index (χ3n) is 2.81. The zero-order chi connectivity index (χ0) is 13.2. The van der Waals surface area contributed by atoms with Crippen LogP contribution in [0, 0.1) is 6.92 Å². The molecule has 100 valence electrons. The maximum atomic E-state index is 11.4. The minimum absolute atomic E-state index is 0.0905. The van der Waals surface area contributed by atoms with Crippen molar-refractivity contribution in [1.29, 1.82) is 0 Å². The number of amides is 1. The van der Waals surface area contributed by atoms with E-state index in [2.05, 4.69) is 48.7 Å². The molecule has 1 rings (SSSR count). The lowest BCUT2D eigenvalue weighted by Gasteiger charge is -2.06. The molecule has 0 radical (unpaired) electrons. The van der Waals surface area contributed by atoms with Crippen LogP contribution in [0.5, 0.6) is 0 Å². The summed E-state index contributed by atoms with van der Waals surface area (Å²) in [5, 5.41) is 6.06. The van der Waals surface area contributed by atoms with Crippen molar-refractivity contribution in [3.63, 3.8) is 0 Å². The highest BCUT2D eigenvalue weighted by molar-refractivity contribution is 5.77. The van der Waals surface area contributed by atoms with Gasteiger partial charge in [-0.15, -0.1) is 0 Å². The van der Waals surface area contributed by atoms with E-state index in [1.54, 1.807) is 0 Å². The lowest BCUT2D eigenvalue weighted by atomic mass is 10.1. The van der Waals surface area contributed by atoms with Crippen molar-refractivity contribution in [3.05, 3.63) is 35.4 Å². The highest BCUT2D eigenvalue weighted by Gasteiger charge is 1.99. The van der Waals surface area contributed by atoms with Gasteiger partial charge in [0.2, 0.25) is 5.91 Å². The quantitative estimate of drug-likeness (QED) is 0.691. The van der Waals surface area contributed by atoms with Gasteiger partial charge in [-0.1, -0.05) is 43.2 Å². The Labute approximate surface area is 110 Å². The molecule has 2 N–H and O–H groups in total. The summed E-state index contributed by atoms with van der Waals surface area (Å²) in [4.78, 5) is 11.4. The Kier molecular flexibility index (Phi) is 7.11. The fourth-order valence-corrected chi connectivity index (χ4v) is 1.77. The highest BCUT2D eigenvalue weighted by atomic mass is 16.1. The van der Waals surface area contributed by atoms with E-state index >= 15 is 0 Å². The maximum absolute atomic E-state index is 11.4. The maximum Gasteiger partial charge on any atom is 0.233 e. The molecule has 0 bridgehead atoms. The third-order valence-corrected chi connectivity index (χ3v) is 2.81. The number of aryl methyl sites for hydroxylation is 1. The molecular weight excluding hydrogens is 224 g/mol. The van der Waals surface area contributed by atoms with Crippen molar-refractivity contribution >= 4 is 5.91 Å². The Morgan fingerprint density at radius 3 is 2.83 bits per heavy atom. The first-order chi connectivity index (χ1) is 8.72. The second-order valence-corrected chi connectivity index (χ2v) is 4.62. The number of nitrogens with one attached hydrogen (secondary N) is 2. The molecule has 0 saturated carbocycles. The molecule has 0 aliphatic rings. The van der Waals surface area contributed by atoms with Gasteiger partial charge >= 0.3 is 0 Å². The van der Waals surface area contributed by atoms with E-state index in [-0.39, 0.29) is 5.91 Å². The Bertz CT molecular complexity index is 363. The number of carbonyl (C=O) groups excluding carboxylic acids is 1. The zero-order valence-corrected chi connectivity index (χ0v) is 11.5. The number of hydrogen-bond donors (Lipinski definition) is 2.